The molecular weight excluding hydrogens is 342 g/mol. The van der Waals surface area contributed by atoms with Crippen LogP contribution in [0.3, 0.4) is 0 Å². The first-order chi connectivity index (χ1) is 11.0. The Morgan fingerprint density at radius 3 is 2.87 bits per heavy atom. The summed E-state index contributed by atoms with van der Waals surface area (Å²) in [6.07, 6.45) is 1.30. The van der Waals surface area contributed by atoms with Gasteiger partial charge in [-0.15, -0.1) is 11.3 Å². The zero-order valence-corrected chi connectivity index (χ0v) is 13.8. The van der Waals surface area contributed by atoms with Gasteiger partial charge in [0, 0.05) is 11.4 Å². The molecule has 1 amide bonds. The summed E-state index contributed by atoms with van der Waals surface area (Å²) in [5.41, 5.74) is 0. The Balaban J connectivity index is 1.99. The van der Waals surface area contributed by atoms with Gasteiger partial charge in [-0.05, 0) is 41.1 Å². The molecule has 2 aromatic heterocycles. The molecule has 2 heterocycles. The molecule has 0 aromatic carbocycles. The van der Waals surface area contributed by atoms with Crippen molar-refractivity contribution in [3.05, 3.63) is 49.8 Å². The van der Waals surface area contributed by atoms with Crippen LogP contribution in [0.5, 0.6) is 5.75 Å². The Labute approximate surface area is 141 Å². The molecule has 23 heavy (non-hydrogen) atoms. The molecule has 0 bridgehead atoms. The monoisotopic (exact) mass is 355 g/mol. The molecule has 0 saturated heterocycles. The molecular formula is C14H14ClN3O4S. The molecule has 2 rings (SSSR count). The Morgan fingerprint density at radius 2 is 2.26 bits per heavy atom. The molecule has 122 valence electrons. The van der Waals surface area contributed by atoms with Crippen LogP contribution in [0.15, 0.2) is 30.5 Å². The number of amides is 1. The number of aromatic nitrogens is 1. The van der Waals surface area contributed by atoms with E-state index in [1.807, 2.05) is 13.0 Å². The Kier molecular flexibility index (Phi) is 5.89. The third-order valence-electron chi connectivity index (χ3n) is 2.98. The summed E-state index contributed by atoms with van der Waals surface area (Å²) in [4.78, 5) is 28.6. The maximum absolute atomic E-state index is 12.2. The van der Waals surface area contributed by atoms with Gasteiger partial charge in [0.05, 0.1) is 10.9 Å². The van der Waals surface area contributed by atoms with Gasteiger partial charge in [0.1, 0.15) is 6.20 Å². The van der Waals surface area contributed by atoms with Crippen molar-refractivity contribution in [1.82, 2.24) is 9.88 Å². The first kappa shape index (κ1) is 17.2. The van der Waals surface area contributed by atoms with Crippen LogP contribution in [0.1, 0.15) is 11.8 Å². The summed E-state index contributed by atoms with van der Waals surface area (Å²) < 4.78 is 5.93. The van der Waals surface area contributed by atoms with Gasteiger partial charge in [0.2, 0.25) is 5.75 Å². The van der Waals surface area contributed by atoms with E-state index in [1.165, 1.54) is 29.7 Å². The molecule has 0 radical (unpaired) electrons. The predicted molar refractivity (Wildman–Crippen MR) is 86.8 cm³/mol. The third kappa shape index (κ3) is 4.64. The summed E-state index contributed by atoms with van der Waals surface area (Å²) in [6.45, 7) is 2.47. The quantitative estimate of drug-likeness (QED) is 0.562. The molecule has 0 spiro atoms. The first-order valence-corrected chi connectivity index (χ1v) is 7.95. The highest BCUT2D eigenvalue weighted by atomic mass is 35.5. The first-order valence-electron chi connectivity index (χ1n) is 6.75. The van der Waals surface area contributed by atoms with E-state index in [0.29, 0.717) is 17.4 Å². The van der Waals surface area contributed by atoms with Crippen molar-refractivity contribution in [2.45, 2.75) is 13.5 Å². The van der Waals surface area contributed by atoms with Crippen LogP contribution in [0, 0.1) is 10.1 Å². The normalized spacial score (nSPS) is 10.3. The van der Waals surface area contributed by atoms with Gasteiger partial charge in [-0.2, -0.15) is 0 Å². The highest BCUT2D eigenvalue weighted by molar-refractivity contribution is 7.16. The van der Waals surface area contributed by atoms with Crippen LogP contribution in [-0.2, 0) is 11.3 Å². The average molecular weight is 356 g/mol. The maximum atomic E-state index is 12.2. The fourth-order valence-electron chi connectivity index (χ4n) is 1.86. The zero-order valence-electron chi connectivity index (χ0n) is 12.3. The van der Waals surface area contributed by atoms with Crippen molar-refractivity contribution >= 4 is 34.7 Å². The molecule has 0 aliphatic carbocycles. The van der Waals surface area contributed by atoms with Crippen LogP contribution in [0.2, 0.25) is 4.34 Å². The van der Waals surface area contributed by atoms with Gasteiger partial charge in [0.15, 0.2) is 6.61 Å². The fraction of sp³-hybridized carbons (Fsp3) is 0.286. The van der Waals surface area contributed by atoms with Crippen LogP contribution >= 0.6 is 22.9 Å². The average Bonchev–Trinajstić information content (AvgIpc) is 2.95. The number of hydrogen-bond donors (Lipinski definition) is 0. The molecule has 0 aliphatic heterocycles. The molecule has 0 atom stereocenters. The van der Waals surface area contributed by atoms with Crippen LogP contribution < -0.4 is 4.74 Å². The lowest BCUT2D eigenvalue weighted by Crippen LogP contribution is -2.34. The number of nitro groups is 1. The van der Waals surface area contributed by atoms with Gasteiger partial charge in [-0.1, -0.05) is 11.6 Å². The van der Waals surface area contributed by atoms with Crippen molar-refractivity contribution < 1.29 is 14.5 Å². The highest BCUT2D eigenvalue weighted by Gasteiger charge is 2.19. The zero-order chi connectivity index (χ0) is 16.8. The SMILES string of the molecule is CCN(Cc1ccc(Cl)s1)C(=O)COc1cccnc1[N+](=O)[O-]. The lowest BCUT2D eigenvalue weighted by molar-refractivity contribution is -0.390. The summed E-state index contributed by atoms with van der Waals surface area (Å²) in [7, 11) is 0. The molecule has 9 heteroatoms. The Hall–Kier alpha value is -2.19. The number of rotatable bonds is 7. The van der Waals surface area contributed by atoms with E-state index in [2.05, 4.69) is 4.98 Å². The number of halogens is 1. The van der Waals surface area contributed by atoms with Crippen LogP contribution in [0.4, 0.5) is 5.82 Å². The minimum Gasteiger partial charge on any atom is -0.476 e. The molecule has 0 saturated carbocycles. The van der Waals surface area contributed by atoms with Crippen LogP contribution in [-0.4, -0.2) is 33.9 Å². The van der Waals surface area contributed by atoms with Gasteiger partial charge < -0.3 is 19.8 Å². The molecule has 0 aliphatic rings. The van der Waals surface area contributed by atoms with Crippen molar-refractivity contribution in [2.75, 3.05) is 13.2 Å². The number of nitrogens with zero attached hydrogens (tertiary/aromatic N) is 3. The molecule has 0 N–H and O–H groups in total. The lowest BCUT2D eigenvalue weighted by atomic mass is 10.4. The number of likely N-dealkylation sites (N-methyl/N-ethyl adjacent to an activating group) is 1. The molecule has 2 aromatic rings. The van der Waals surface area contributed by atoms with Crippen molar-refractivity contribution in [3.63, 3.8) is 0 Å². The second-order valence-corrected chi connectivity index (χ2v) is 6.28. The Morgan fingerprint density at radius 1 is 1.48 bits per heavy atom. The van der Waals surface area contributed by atoms with Crippen molar-refractivity contribution in [2.24, 2.45) is 0 Å². The Bertz CT molecular complexity index is 707. The van der Waals surface area contributed by atoms with Gasteiger partial charge in [-0.25, -0.2) is 0 Å². The van der Waals surface area contributed by atoms with Gasteiger partial charge in [0.25, 0.3) is 5.91 Å². The maximum Gasteiger partial charge on any atom is 0.406 e. The van der Waals surface area contributed by atoms with E-state index in [9.17, 15) is 14.9 Å². The largest absolute Gasteiger partial charge is 0.476 e. The number of carbonyl (C=O) groups is 1. The van der Waals surface area contributed by atoms with E-state index >= 15 is 0 Å². The summed E-state index contributed by atoms with van der Waals surface area (Å²) in [5.74, 6) is -0.704. The topological polar surface area (TPSA) is 85.6 Å². The summed E-state index contributed by atoms with van der Waals surface area (Å²) in [6, 6.07) is 6.55. The highest BCUT2D eigenvalue weighted by Crippen LogP contribution is 2.24. The van der Waals surface area contributed by atoms with E-state index < -0.39 is 10.7 Å². The van der Waals surface area contributed by atoms with Gasteiger partial charge in [-0.3, -0.25) is 4.79 Å². The second kappa shape index (κ2) is 7.89. The molecule has 0 unspecified atom stereocenters. The van der Waals surface area contributed by atoms with Crippen molar-refractivity contribution in [1.29, 1.82) is 0 Å². The smallest absolute Gasteiger partial charge is 0.406 e. The molecule has 0 fully saturated rings. The molecule has 7 nitrogen and oxygen atoms in total. The lowest BCUT2D eigenvalue weighted by Gasteiger charge is -2.20. The van der Waals surface area contributed by atoms with Crippen molar-refractivity contribution in [3.8, 4) is 5.75 Å². The third-order valence-corrected chi connectivity index (χ3v) is 4.20. The fourth-order valence-corrected chi connectivity index (χ4v) is 2.97. The number of pyridine rings is 1. The minimum atomic E-state index is -0.648. The standard InChI is InChI=1S/C14H14ClN3O4S/c1-2-17(8-10-5-6-12(15)23-10)13(19)9-22-11-4-3-7-16-14(11)18(20)21/h3-7H,2,8-9H2,1H3. The summed E-state index contributed by atoms with van der Waals surface area (Å²) in [5, 5.41) is 10.9. The number of carbonyl (C=O) groups excluding carboxylic acids is 1. The number of hydrogen-bond acceptors (Lipinski definition) is 6. The second-order valence-electron chi connectivity index (χ2n) is 4.48. The number of ether oxygens (including phenoxy) is 1. The van der Waals surface area contributed by atoms with Crippen LogP contribution in [0.25, 0.3) is 0 Å². The van der Waals surface area contributed by atoms with E-state index in [0.717, 1.165) is 4.88 Å². The summed E-state index contributed by atoms with van der Waals surface area (Å²) >= 11 is 7.28. The van der Waals surface area contributed by atoms with Gasteiger partial charge >= 0.3 is 5.82 Å². The predicted octanol–water partition coefficient (Wildman–Crippen LogP) is 3.13. The van der Waals surface area contributed by atoms with E-state index in [-0.39, 0.29) is 18.3 Å². The van der Waals surface area contributed by atoms with E-state index in [1.54, 1.807) is 11.0 Å². The van der Waals surface area contributed by atoms with E-state index in [4.69, 9.17) is 16.3 Å². The number of thiophene rings is 1. The minimum absolute atomic E-state index is 0.0268.